The lowest BCUT2D eigenvalue weighted by atomic mass is 10.0. The Morgan fingerprint density at radius 2 is 1.59 bits per heavy atom. The number of alkyl halides is 2. The number of likely N-dealkylation sites (tertiary alicyclic amines) is 2. The molecule has 2 heterocycles. The SMILES string of the molecule is CN1CC[C@H](N(C)C(=O)OC(C)(C)C)[C@H](F)C1.CN[C@H]1CCN(C)C[C@H]1F. The van der Waals surface area contributed by atoms with Crippen molar-refractivity contribution in [2.24, 2.45) is 0 Å². The average Bonchev–Trinajstić information content (AvgIpc) is 2.53. The smallest absolute Gasteiger partial charge is 0.410 e. The Kier molecular flexibility index (Phi) is 9.38. The maximum absolute atomic E-state index is 13.9. The molecule has 1 amide bonds. The van der Waals surface area contributed by atoms with E-state index in [4.69, 9.17) is 4.74 Å². The Morgan fingerprint density at radius 1 is 1.07 bits per heavy atom. The Labute approximate surface area is 163 Å². The molecule has 0 radical (unpaired) electrons. The molecule has 6 nitrogen and oxygen atoms in total. The number of halogens is 2. The van der Waals surface area contributed by atoms with Crippen molar-refractivity contribution in [3.8, 4) is 0 Å². The van der Waals surface area contributed by atoms with Gasteiger partial charge in [0.25, 0.3) is 0 Å². The van der Waals surface area contributed by atoms with E-state index in [0.29, 0.717) is 19.5 Å². The van der Waals surface area contributed by atoms with Gasteiger partial charge in [0.1, 0.15) is 17.9 Å². The zero-order valence-electron chi connectivity index (χ0n) is 18.0. The molecule has 0 aromatic heterocycles. The van der Waals surface area contributed by atoms with Gasteiger partial charge in [-0.3, -0.25) is 0 Å². The molecule has 0 saturated carbocycles. The molecule has 1 N–H and O–H groups in total. The van der Waals surface area contributed by atoms with Crippen LogP contribution in [0, 0.1) is 0 Å². The Hall–Kier alpha value is -0.990. The van der Waals surface area contributed by atoms with Gasteiger partial charge in [-0.1, -0.05) is 0 Å². The molecule has 4 atom stereocenters. The second-order valence-corrected chi connectivity index (χ2v) is 8.69. The summed E-state index contributed by atoms with van der Waals surface area (Å²) in [6.07, 6.45) is -0.577. The molecule has 2 fully saturated rings. The molecule has 0 bridgehead atoms. The molecule has 0 aromatic rings. The summed E-state index contributed by atoms with van der Waals surface area (Å²) in [5.41, 5.74) is -0.539. The van der Waals surface area contributed by atoms with Gasteiger partial charge in [0.15, 0.2) is 0 Å². The number of carbonyl (C=O) groups excluding carboxylic acids is 1. The van der Waals surface area contributed by atoms with Gasteiger partial charge < -0.3 is 24.8 Å². The fourth-order valence-corrected chi connectivity index (χ4v) is 3.33. The second kappa shape index (κ2) is 10.5. The minimum Gasteiger partial charge on any atom is -0.444 e. The normalized spacial score (nSPS) is 30.3. The van der Waals surface area contributed by atoms with E-state index < -0.39 is 24.0 Å². The molecule has 0 unspecified atom stereocenters. The highest BCUT2D eigenvalue weighted by Crippen LogP contribution is 2.20. The van der Waals surface area contributed by atoms with Gasteiger partial charge in [-0.2, -0.15) is 0 Å². The molecule has 0 spiro atoms. The van der Waals surface area contributed by atoms with Crippen molar-refractivity contribution in [1.29, 1.82) is 0 Å². The van der Waals surface area contributed by atoms with E-state index in [1.807, 2.05) is 30.9 Å². The maximum Gasteiger partial charge on any atom is 0.410 e. The van der Waals surface area contributed by atoms with Crippen LogP contribution in [0.4, 0.5) is 13.6 Å². The van der Waals surface area contributed by atoms with Crippen LogP contribution in [-0.4, -0.2) is 105 Å². The predicted molar refractivity (Wildman–Crippen MR) is 105 cm³/mol. The van der Waals surface area contributed by atoms with Crippen LogP contribution in [0.15, 0.2) is 0 Å². The summed E-state index contributed by atoms with van der Waals surface area (Å²) in [6.45, 7) is 8.18. The minimum atomic E-state index is -1.01. The van der Waals surface area contributed by atoms with Gasteiger partial charge in [-0.15, -0.1) is 0 Å². The summed E-state index contributed by atoms with van der Waals surface area (Å²) in [5, 5.41) is 2.97. The van der Waals surface area contributed by atoms with Crippen molar-refractivity contribution in [2.75, 3.05) is 54.4 Å². The summed E-state index contributed by atoms with van der Waals surface area (Å²) in [4.78, 5) is 17.2. The molecule has 0 aliphatic carbocycles. The van der Waals surface area contributed by atoms with Crippen molar-refractivity contribution >= 4 is 6.09 Å². The first-order chi connectivity index (χ1) is 12.4. The van der Waals surface area contributed by atoms with Crippen molar-refractivity contribution < 1.29 is 18.3 Å². The van der Waals surface area contributed by atoms with Gasteiger partial charge in [0.2, 0.25) is 0 Å². The first kappa shape index (κ1) is 24.0. The Bertz CT molecular complexity index is 461. The largest absolute Gasteiger partial charge is 0.444 e. The minimum absolute atomic E-state index is 0.0798. The lowest BCUT2D eigenvalue weighted by Gasteiger charge is -2.38. The van der Waals surface area contributed by atoms with Crippen molar-refractivity contribution in [3.05, 3.63) is 0 Å². The molecule has 27 heavy (non-hydrogen) atoms. The quantitative estimate of drug-likeness (QED) is 0.780. The summed E-state index contributed by atoms with van der Waals surface area (Å²) in [7, 11) is 7.27. The molecular weight excluding hydrogens is 354 g/mol. The average molecular weight is 393 g/mol. The lowest BCUT2D eigenvalue weighted by molar-refractivity contribution is 0.000464. The summed E-state index contributed by atoms with van der Waals surface area (Å²) >= 11 is 0. The van der Waals surface area contributed by atoms with Gasteiger partial charge in [-0.25, -0.2) is 13.6 Å². The number of ether oxygens (including phenoxy) is 1. The van der Waals surface area contributed by atoms with E-state index >= 15 is 0 Å². The topological polar surface area (TPSA) is 48.1 Å². The van der Waals surface area contributed by atoms with Crippen LogP contribution in [-0.2, 0) is 4.74 Å². The fraction of sp³-hybridized carbons (Fsp3) is 0.947. The number of hydrogen-bond donors (Lipinski definition) is 1. The zero-order valence-corrected chi connectivity index (χ0v) is 18.0. The third-order valence-corrected chi connectivity index (χ3v) is 5.00. The van der Waals surface area contributed by atoms with Crippen LogP contribution in [0.2, 0.25) is 0 Å². The Morgan fingerprint density at radius 3 is 2.04 bits per heavy atom. The molecular formula is C19H38F2N4O2. The molecule has 0 aromatic carbocycles. The fourth-order valence-electron chi connectivity index (χ4n) is 3.33. The van der Waals surface area contributed by atoms with Crippen LogP contribution in [0.25, 0.3) is 0 Å². The molecule has 160 valence electrons. The van der Waals surface area contributed by atoms with E-state index in [1.54, 1.807) is 27.8 Å². The van der Waals surface area contributed by atoms with Crippen LogP contribution < -0.4 is 5.32 Å². The molecule has 2 saturated heterocycles. The first-order valence-electron chi connectivity index (χ1n) is 9.73. The Balaban J connectivity index is 0.000000309. The van der Waals surface area contributed by atoms with Crippen LogP contribution in [0.3, 0.4) is 0 Å². The number of amides is 1. The summed E-state index contributed by atoms with van der Waals surface area (Å²) < 4.78 is 32.1. The third-order valence-electron chi connectivity index (χ3n) is 5.00. The number of nitrogens with zero attached hydrogens (tertiary/aromatic N) is 3. The van der Waals surface area contributed by atoms with Crippen molar-refractivity contribution in [1.82, 2.24) is 20.0 Å². The predicted octanol–water partition coefficient (Wildman–Crippen LogP) is 2.14. The van der Waals surface area contributed by atoms with Crippen LogP contribution >= 0.6 is 0 Å². The van der Waals surface area contributed by atoms with Crippen molar-refractivity contribution in [2.45, 2.75) is 63.6 Å². The van der Waals surface area contributed by atoms with Gasteiger partial charge in [-0.05, 0) is 61.3 Å². The number of piperidine rings is 2. The highest BCUT2D eigenvalue weighted by Gasteiger charge is 2.34. The summed E-state index contributed by atoms with van der Waals surface area (Å²) in [5.74, 6) is 0. The second-order valence-electron chi connectivity index (χ2n) is 8.69. The highest BCUT2D eigenvalue weighted by atomic mass is 19.1. The summed E-state index contributed by atoms with van der Waals surface area (Å²) in [6, 6.07) is -0.294. The number of hydrogen-bond acceptors (Lipinski definition) is 5. The third kappa shape index (κ3) is 8.27. The zero-order chi connectivity index (χ0) is 20.8. The van der Waals surface area contributed by atoms with Gasteiger partial charge in [0.05, 0.1) is 6.04 Å². The van der Waals surface area contributed by atoms with Crippen LogP contribution in [0.1, 0.15) is 33.6 Å². The van der Waals surface area contributed by atoms with E-state index in [0.717, 1.165) is 19.5 Å². The standard InChI is InChI=1S/C12H23FN2O2.C7H15FN2/c1-12(2,3)17-11(16)15(5)10-6-7-14(4)8-9(10)13;1-9-7-3-4-10(2)5-6(7)8/h9-10H,6-8H2,1-5H3;6-7,9H,3-5H2,1-2H3/t9-,10+;6-,7+/m11/s1. The molecule has 2 aliphatic heterocycles. The first-order valence-corrected chi connectivity index (χ1v) is 9.73. The molecule has 8 heteroatoms. The monoisotopic (exact) mass is 392 g/mol. The highest BCUT2D eigenvalue weighted by molar-refractivity contribution is 5.68. The maximum atomic E-state index is 13.9. The molecule has 2 aliphatic rings. The van der Waals surface area contributed by atoms with Crippen molar-refractivity contribution in [3.63, 3.8) is 0 Å². The van der Waals surface area contributed by atoms with E-state index in [2.05, 4.69) is 5.32 Å². The lowest BCUT2D eigenvalue weighted by Crippen LogP contribution is -2.52. The van der Waals surface area contributed by atoms with E-state index in [-0.39, 0.29) is 12.1 Å². The molecule has 2 rings (SSSR count). The van der Waals surface area contributed by atoms with Gasteiger partial charge in [0, 0.05) is 32.7 Å². The van der Waals surface area contributed by atoms with E-state index in [9.17, 15) is 13.6 Å². The number of carbonyl (C=O) groups is 1. The number of nitrogens with one attached hydrogen (secondary N) is 1. The number of rotatable bonds is 2. The van der Waals surface area contributed by atoms with Crippen LogP contribution in [0.5, 0.6) is 0 Å². The van der Waals surface area contributed by atoms with E-state index in [1.165, 1.54) is 4.90 Å². The van der Waals surface area contributed by atoms with Gasteiger partial charge >= 0.3 is 6.09 Å².